The first-order valence-electron chi connectivity index (χ1n) is 11.1. The van der Waals surface area contributed by atoms with E-state index in [0.29, 0.717) is 0 Å². The van der Waals surface area contributed by atoms with E-state index in [1.54, 1.807) is 31.4 Å². The topological polar surface area (TPSA) is 64.3 Å². The second-order valence-corrected chi connectivity index (χ2v) is 8.27. The number of hydrazone groups is 1. The Morgan fingerprint density at radius 3 is 2.36 bits per heavy atom. The number of nitrogens with zero attached hydrogens (tertiary/aromatic N) is 2. The highest BCUT2D eigenvalue weighted by molar-refractivity contribution is 6.09. The average molecular weight is 443 g/mol. The lowest BCUT2D eigenvalue weighted by atomic mass is 9.77. The third-order valence-corrected chi connectivity index (χ3v) is 6.36. The molecule has 33 heavy (non-hydrogen) atoms. The first kappa shape index (κ1) is 21.1. The Morgan fingerprint density at radius 1 is 1.03 bits per heavy atom. The van der Waals surface area contributed by atoms with Crippen molar-refractivity contribution in [2.75, 3.05) is 14.2 Å². The molecule has 1 saturated carbocycles. The summed E-state index contributed by atoms with van der Waals surface area (Å²) in [7, 11) is 3.31. The van der Waals surface area contributed by atoms with Crippen LogP contribution >= 0.6 is 0 Å². The van der Waals surface area contributed by atoms with E-state index < -0.39 is 0 Å². The summed E-state index contributed by atoms with van der Waals surface area (Å²) in [6, 6.07) is 19.1. The summed E-state index contributed by atoms with van der Waals surface area (Å²) >= 11 is 0. The number of hydrogen-bond donors (Lipinski definition) is 0. The molecule has 3 aromatic rings. The van der Waals surface area contributed by atoms with E-state index >= 15 is 0 Å². The molecule has 0 radical (unpaired) electrons. The van der Waals surface area contributed by atoms with Gasteiger partial charge in [0.25, 0.3) is 0 Å². The first-order valence-corrected chi connectivity index (χ1v) is 11.1. The standard InChI is InChI=1S/C27H26N2O4/c1-31-21-12-8-18(9-13-21)17-20-5-3-6-23-25(20)28-29(27(30)24-7-4-16-33-24)26(23)19-10-14-22(32-2)15-11-19/h4,7-17,23,26H,3,5-6H2,1-2H3/b20-17+/t23-,26-/m1/s1. The summed E-state index contributed by atoms with van der Waals surface area (Å²) in [5, 5.41) is 6.50. The Kier molecular flexibility index (Phi) is 5.73. The number of amides is 1. The number of fused-ring (bicyclic) bond motifs is 1. The lowest BCUT2D eigenvalue weighted by Crippen LogP contribution is -2.31. The highest BCUT2D eigenvalue weighted by Gasteiger charge is 2.44. The lowest BCUT2D eigenvalue weighted by molar-refractivity contribution is 0.0648. The molecule has 2 aliphatic rings. The van der Waals surface area contributed by atoms with Crippen LogP contribution in [0.3, 0.4) is 0 Å². The van der Waals surface area contributed by atoms with E-state index in [2.05, 4.69) is 6.08 Å². The van der Waals surface area contributed by atoms with E-state index in [4.69, 9.17) is 19.0 Å². The van der Waals surface area contributed by atoms with E-state index in [1.165, 1.54) is 11.8 Å². The second-order valence-electron chi connectivity index (χ2n) is 8.27. The van der Waals surface area contributed by atoms with Gasteiger partial charge in [0.2, 0.25) is 0 Å². The van der Waals surface area contributed by atoms with Crippen molar-refractivity contribution in [3.05, 3.63) is 89.4 Å². The van der Waals surface area contributed by atoms with Gasteiger partial charge in [0.05, 0.1) is 32.2 Å². The summed E-state index contributed by atoms with van der Waals surface area (Å²) in [5.74, 6) is 1.79. The third-order valence-electron chi connectivity index (χ3n) is 6.36. The maximum atomic E-state index is 13.4. The highest BCUT2D eigenvalue weighted by atomic mass is 16.5. The molecule has 0 bridgehead atoms. The van der Waals surface area contributed by atoms with Gasteiger partial charge < -0.3 is 13.9 Å². The highest BCUT2D eigenvalue weighted by Crippen LogP contribution is 2.45. The third kappa shape index (κ3) is 4.04. The van der Waals surface area contributed by atoms with Gasteiger partial charge in [0.15, 0.2) is 5.76 Å². The molecule has 6 heteroatoms. The smallest absolute Gasteiger partial charge is 0.310 e. The van der Waals surface area contributed by atoms with Crippen molar-refractivity contribution in [2.24, 2.45) is 11.0 Å². The Bertz CT molecular complexity index is 1180. The molecular weight excluding hydrogens is 416 g/mol. The molecule has 1 amide bonds. The SMILES string of the molecule is COc1ccc(/C=C2\CCC[C@@H]3C2=NN(C(=O)c2ccco2)[C@@H]3c2ccc(OC)cc2)cc1. The first-order chi connectivity index (χ1) is 16.2. The van der Waals surface area contributed by atoms with E-state index in [-0.39, 0.29) is 23.6 Å². The van der Waals surface area contributed by atoms with Crippen LogP contribution in [0.4, 0.5) is 0 Å². The molecular formula is C27H26N2O4. The van der Waals surface area contributed by atoms with Gasteiger partial charge in [0, 0.05) is 5.92 Å². The van der Waals surface area contributed by atoms with Gasteiger partial charge in [0.1, 0.15) is 11.5 Å². The maximum absolute atomic E-state index is 13.4. The maximum Gasteiger partial charge on any atom is 0.310 e. The fourth-order valence-electron chi connectivity index (χ4n) is 4.72. The molecule has 0 saturated heterocycles. The average Bonchev–Trinajstić information content (AvgIpc) is 3.53. The van der Waals surface area contributed by atoms with Crippen LogP contribution in [0.25, 0.3) is 6.08 Å². The zero-order valence-electron chi connectivity index (χ0n) is 18.7. The molecule has 0 unspecified atom stereocenters. The largest absolute Gasteiger partial charge is 0.497 e. The number of ether oxygens (including phenoxy) is 2. The number of rotatable bonds is 5. The number of carbonyl (C=O) groups excluding carboxylic acids is 1. The predicted molar refractivity (Wildman–Crippen MR) is 126 cm³/mol. The fraction of sp³-hybridized carbons (Fsp3) is 0.259. The van der Waals surface area contributed by atoms with Crippen LogP contribution in [0.15, 0.2) is 82.0 Å². The molecule has 1 aliphatic heterocycles. The zero-order valence-corrected chi connectivity index (χ0v) is 18.7. The molecule has 0 N–H and O–H groups in total. The molecule has 0 spiro atoms. The van der Waals surface area contributed by atoms with Gasteiger partial charge in [-0.05, 0) is 78.4 Å². The van der Waals surface area contributed by atoms with Crippen molar-refractivity contribution in [2.45, 2.75) is 25.3 Å². The molecule has 1 fully saturated rings. The lowest BCUT2D eigenvalue weighted by Gasteiger charge is -2.29. The minimum absolute atomic E-state index is 0.121. The van der Waals surface area contributed by atoms with Crippen molar-refractivity contribution >= 4 is 17.7 Å². The number of allylic oxidation sites excluding steroid dienone is 1. The van der Waals surface area contributed by atoms with E-state index in [0.717, 1.165) is 47.6 Å². The van der Waals surface area contributed by atoms with Gasteiger partial charge in [-0.15, -0.1) is 0 Å². The molecule has 168 valence electrons. The van der Waals surface area contributed by atoms with Crippen LogP contribution in [-0.2, 0) is 0 Å². The van der Waals surface area contributed by atoms with Gasteiger partial charge in [-0.2, -0.15) is 5.10 Å². The molecule has 2 heterocycles. The van der Waals surface area contributed by atoms with E-state index in [1.807, 2.05) is 48.5 Å². The van der Waals surface area contributed by atoms with Crippen molar-refractivity contribution < 1.29 is 18.7 Å². The number of furan rings is 1. The predicted octanol–water partition coefficient (Wildman–Crippen LogP) is 5.73. The normalized spacial score (nSPS) is 21.0. The number of hydrogen-bond acceptors (Lipinski definition) is 5. The minimum Gasteiger partial charge on any atom is -0.497 e. The van der Waals surface area contributed by atoms with Gasteiger partial charge >= 0.3 is 5.91 Å². The Labute approximate surface area is 193 Å². The fourth-order valence-corrected chi connectivity index (χ4v) is 4.72. The van der Waals surface area contributed by atoms with Crippen molar-refractivity contribution in [3.8, 4) is 11.5 Å². The summed E-state index contributed by atoms with van der Waals surface area (Å²) in [4.78, 5) is 13.4. The summed E-state index contributed by atoms with van der Waals surface area (Å²) in [6.07, 6.45) is 6.63. The van der Waals surface area contributed by atoms with Crippen LogP contribution in [0.5, 0.6) is 11.5 Å². The van der Waals surface area contributed by atoms with Crippen LogP contribution < -0.4 is 9.47 Å². The molecule has 6 nitrogen and oxygen atoms in total. The van der Waals surface area contributed by atoms with Crippen LogP contribution in [0, 0.1) is 5.92 Å². The van der Waals surface area contributed by atoms with Crippen molar-refractivity contribution in [1.29, 1.82) is 0 Å². The monoisotopic (exact) mass is 442 g/mol. The van der Waals surface area contributed by atoms with Gasteiger partial charge in [-0.25, -0.2) is 5.01 Å². The zero-order chi connectivity index (χ0) is 22.8. The Hall–Kier alpha value is -3.80. The molecule has 2 atom stereocenters. The molecule has 5 rings (SSSR count). The molecule has 1 aromatic heterocycles. The van der Waals surface area contributed by atoms with Gasteiger partial charge in [-0.1, -0.05) is 24.3 Å². The number of methoxy groups -OCH3 is 2. The Balaban J connectivity index is 1.54. The molecule has 1 aliphatic carbocycles. The minimum atomic E-state index is -0.230. The van der Waals surface area contributed by atoms with Gasteiger partial charge in [-0.3, -0.25) is 4.79 Å². The van der Waals surface area contributed by atoms with Crippen molar-refractivity contribution in [3.63, 3.8) is 0 Å². The second kappa shape index (κ2) is 8.98. The summed E-state index contributed by atoms with van der Waals surface area (Å²) in [5.41, 5.74) is 4.28. The van der Waals surface area contributed by atoms with Crippen LogP contribution in [-0.4, -0.2) is 30.8 Å². The molecule has 2 aromatic carbocycles. The number of benzene rings is 2. The van der Waals surface area contributed by atoms with Crippen LogP contribution in [0.1, 0.15) is 47.0 Å². The van der Waals surface area contributed by atoms with Crippen LogP contribution in [0.2, 0.25) is 0 Å². The summed E-state index contributed by atoms with van der Waals surface area (Å²) in [6.45, 7) is 0. The quantitative estimate of drug-likeness (QED) is 0.506. The summed E-state index contributed by atoms with van der Waals surface area (Å²) < 4.78 is 16.0. The van der Waals surface area contributed by atoms with E-state index in [9.17, 15) is 4.79 Å². The van der Waals surface area contributed by atoms with Crippen molar-refractivity contribution in [1.82, 2.24) is 5.01 Å². The number of carbonyl (C=O) groups is 1. The Morgan fingerprint density at radius 2 is 1.73 bits per heavy atom.